The lowest BCUT2D eigenvalue weighted by Gasteiger charge is -2.44. The molecule has 190 valence electrons. The Labute approximate surface area is 208 Å². The molecule has 0 aromatic rings. The number of hydrogen-bond donors (Lipinski definition) is 0. The van der Waals surface area contributed by atoms with Crippen molar-refractivity contribution in [1.29, 1.82) is 0 Å². The third-order valence-corrected chi connectivity index (χ3v) is 16.9. The SMILES string of the molecule is C=C[C@]1(N=C=S)[C@@H]([C@@H](CO[Si](C)(C)C(C)(C)C)O[Si](C)(C)C(C)(C)C)O[C@@H]2OC(C)(C)O[C@@H]21. The van der Waals surface area contributed by atoms with Crippen LogP contribution in [0.4, 0.5) is 0 Å². The van der Waals surface area contributed by atoms with E-state index in [0.29, 0.717) is 6.61 Å². The van der Waals surface area contributed by atoms with E-state index in [2.05, 4.69) is 84.5 Å². The molecule has 0 saturated carbocycles. The largest absolute Gasteiger partial charge is 0.414 e. The summed E-state index contributed by atoms with van der Waals surface area (Å²) < 4.78 is 32.4. The van der Waals surface area contributed by atoms with Gasteiger partial charge in [-0.1, -0.05) is 47.6 Å². The molecule has 0 spiro atoms. The molecule has 2 fully saturated rings. The van der Waals surface area contributed by atoms with Crippen LogP contribution in [0, 0.1) is 0 Å². The van der Waals surface area contributed by atoms with E-state index in [1.54, 1.807) is 6.08 Å². The second-order valence-corrected chi connectivity index (χ2v) is 22.5. The Balaban J connectivity index is 2.50. The van der Waals surface area contributed by atoms with Crippen LogP contribution in [-0.2, 0) is 23.1 Å². The van der Waals surface area contributed by atoms with Gasteiger partial charge < -0.3 is 23.1 Å². The number of hydrogen-bond acceptors (Lipinski definition) is 7. The molecule has 0 aromatic carbocycles. The van der Waals surface area contributed by atoms with Crippen LogP contribution in [0.25, 0.3) is 0 Å². The van der Waals surface area contributed by atoms with Gasteiger partial charge in [0.2, 0.25) is 0 Å². The van der Waals surface area contributed by atoms with Crippen LogP contribution >= 0.6 is 12.2 Å². The van der Waals surface area contributed by atoms with Crippen molar-refractivity contribution in [3.8, 4) is 0 Å². The van der Waals surface area contributed by atoms with Gasteiger partial charge in [0.15, 0.2) is 28.7 Å². The number of thiocarbonyl (C=S) groups is 1. The van der Waals surface area contributed by atoms with Crippen LogP contribution < -0.4 is 0 Å². The van der Waals surface area contributed by atoms with Crippen molar-refractivity contribution < 1.29 is 23.1 Å². The summed E-state index contributed by atoms with van der Waals surface area (Å²) in [4.78, 5) is 4.58. The highest BCUT2D eigenvalue weighted by atomic mass is 32.1. The summed E-state index contributed by atoms with van der Waals surface area (Å²) in [5.41, 5.74) is -0.982. The molecular weight excluding hydrogens is 471 g/mol. The molecule has 0 aromatic heterocycles. The fraction of sp³-hybridized carbons (Fsp3) is 0.875. The van der Waals surface area contributed by atoms with E-state index in [-0.39, 0.29) is 10.1 Å². The van der Waals surface area contributed by atoms with Crippen molar-refractivity contribution in [2.75, 3.05) is 6.61 Å². The first-order valence-electron chi connectivity index (χ1n) is 11.8. The summed E-state index contributed by atoms with van der Waals surface area (Å²) in [6, 6.07) is 0. The first-order chi connectivity index (χ1) is 14.7. The maximum Gasteiger partial charge on any atom is 0.192 e. The van der Waals surface area contributed by atoms with E-state index in [0.717, 1.165) is 0 Å². The highest BCUT2D eigenvalue weighted by Crippen LogP contribution is 2.49. The van der Waals surface area contributed by atoms with Crippen LogP contribution in [0.3, 0.4) is 0 Å². The molecule has 2 heterocycles. The van der Waals surface area contributed by atoms with Crippen molar-refractivity contribution in [3.05, 3.63) is 12.7 Å². The van der Waals surface area contributed by atoms with Crippen molar-refractivity contribution in [2.45, 2.75) is 128 Å². The standard InChI is InChI=1S/C24H45NO5SSi2/c1-14-24(25-16-31)18(27-20-19(24)28-23(8,9)29-20)17(30-33(12,13)22(5,6)7)15-26-32(10,11)21(2,3)4/h14,17-20H,1,15H2,2-13H3/t17-,18-,19+,20-,24+/m1/s1. The van der Waals surface area contributed by atoms with E-state index in [9.17, 15) is 0 Å². The number of ether oxygens (including phenoxy) is 3. The average Bonchev–Trinajstić information content (AvgIpc) is 3.08. The Hall–Kier alpha value is -0.226. The zero-order valence-electron chi connectivity index (χ0n) is 22.7. The first kappa shape index (κ1) is 29.0. The minimum atomic E-state index is -2.19. The van der Waals surface area contributed by atoms with Gasteiger partial charge in [-0.05, 0) is 62.3 Å². The smallest absolute Gasteiger partial charge is 0.192 e. The van der Waals surface area contributed by atoms with Crippen LogP contribution in [-0.4, -0.2) is 64.3 Å². The van der Waals surface area contributed by atoms with Crippen LogP contribution in [0.2, 0.25) is 36.3 Å². The minimum Gasteiger partial charge on any atom is -0.414 e. The Morgan fingerprint density at radius 3 is 2.06 bits per heavy atom. The summed E-state index contributed by atoms with van der Waals surface area (Å²) in [5.74, 6) is -0.793. The van der Waals surface area contributed by atoms with Gasteiger partial charge in [0.05, 0.1) is 17.9 Å². The van der Waals surface area contributed by atoms with Crippen LogP contribution in [0.15, 0.2) is 17.6 Å². The molecule has 2 saturated heterocycles. The molecule has 0 N–H and O–H groups in total. The molecule has 5 atom stereocenters. The normalized spacial score (nSPS) is 31.1. The molecule has 2 rings (SSSR count). The topological polar surface area (TPSA) is 58.5 Å². The van der Waals surface area contributed by atoms with Crippen molar-refractivity contribution in [1.82, 2.24) is 0 Å². The minimum absolute atomic E-state index is 0.00986. The molecule has 33 heavy (non-hydrogen) atoms. The van der Waals surface area contributed by atoms with Crippen molar-refractivity contribution in [2.24, 2.45) is 4.99 Å². The number of isothiocyanates is 1. The lowest BCUT2D eigenvalue weighted by Crippen LogP contribution is -2.57. The molecule has 2 aliphatic rings. The summed E-state index contributed by atoms with van der Waals surface area (Å²) >= 11 is 5.05. The summed E-state index contributed by atoms with van der Waals surface area (Å²) in [6.45, 7) is 30.5. The maximum atomic E-state index is 6.95. The number of nitrogens with zero attached hydrogens (tertiary/aromatic N) is 1. The monoisotopic (exact) mass is 515 g/mol. The van der Waals surface area contributed by atoms with E-state index >= 15 is 0 Å². The van der Waals surface area contributed by atoms with Gasteiger partial charge in [-0.15, -0.1) is 6.58 Å². The van der Waals surface area contributed by atoms with Crippen molar-refractivity contribution in [3.63, 3.8) is 0 Å². The van der Waals surface area contributed by atoms with E-state index < -0.39 is 52.6 Å². The average molecular weight is 516 g/mol. The molecule has 2 aliphatic heterocycles. The quantitative estimate of drug-likeness (QED) is 0.164. The molecule has 0 aliphatic carbocycles. The van der Waals surface area contributed by atoms with Crippen LogP contribution in [0.5, 0.6) is 0 Å². The lowest BCUT2D eigenvalue weighted by atomic mass is 9.86. The van der Waals surface area contributed by atoms with Gasteiger partial charge >= 0.3 is 0 Å². The van der Waals surface area contributed by atoms with E-state index in [1.807, 2.05) is 13.8 Å². The Bertz CT molecular complexity index is 783. The molecule has 6 nitrogen and oxygen atoms in total. The summed E-state index contributed by atoms with van der Waals surface area (Å²) in [5, 5.41) is 2.64. The van der Waals surface area contributed by atoms with Crippen LogP contribution in [0.1, 0.15) is 55.4 Å². The lowest BCUT2D eigenvalue weighted by molar-refractivity contribution is -0.220. The predicted molar refractivity (Wildman–Crippen MR) is 142 cm³/mol. The van der Waals surface area contributed by atoms with E-state index in [1.165, 1.54) is 0 Å². The maximum absolute atomic E-state index is 6.95. The first-order valence-corrected chi connectivity index (χ1v) is 18.0. The Morgan fingerprint density at radius 2 is 1.61 bits per heavy atom. The number of fused-ring (bicyclic) bond motifs is 1. The Kier molecular flexibility index (Phi) is 8.21. The fourth-order valence-electron chi connectivity index (χ4n) is 3.67. The van der Waals surface area contributed by atoms with Gasteiger partial charge in [0.25, 0.3) is 0 Å². The summed E-state index contributed by atoms with van der Waals surface area (Å²) in [7, 11) is -4.23. The van der Waals surface area contributed by atoms with Gasteiger partial charge in [0, 0.05) is 0 Å². The third-order valence-electron chi connectivity index (χ3n) is 7.82. The molecular formula is C24H45NO5SSi2. The summed E-state index contributed by atoms with van der Waals surface area (Å²) in [6.07, 6.45) is -0.278. The number of rotatable bonds is 8. The van der Waals surface area contributed by atoms with Gasteiger partial charge in [-0.3, -0.25) is 0 Å². The highest BCUT2D eigenvalue weighted by Gasteiger charge is 2.65. The molecule has 0 radical (unpaired) electrons. The second kappa shape index (κ2) is 9.34. The van der Waals surface area contributed by atoms with Gasteiger partial charge in [-0.2, -0.15) is 0 Å². The zero-order valence-corrected chi connectivity index (χ0v) is 25.5. The molecule has 9 heteroatoms. The predicted octanol–water partition coefficient (Wildman–Crippen LogP) is 6.30. The van der Waals surface area contributed by atoms with Crippen molar-refractivity contribution >= 4 is 34.0 Å². The second-order valence-electron chi connectivity index (χ2n) is 12.8. The molecule has 0 bridgehead atoms. The third kappa shape index (κ3) is 5.79. The molecule has 0 amide bonds. The van der Waals surface area contributed by atoms with Gasteiger partial charge in [-0.25, -0.2) is 4.99 Å². The highest BCUT2D eigenvalue weighted by molar-refractivity contribution is 7.78. The Morgan fingerprint density at radius 1 is 1.06 bits per heavy atom. The molecule has 0 unspecified atom stereocenters. The number of aliphatic imine (C=N–C) groups is 1. The van der Waals surface area contributed by atoms with E-state index in [4.69, 9.17) is 35.3 Å². The fourth-order valence-corrected chi connectivity index (χ4v) is 6.15. The van der Waals surface area contributed by atoms with Gasteiger partial charge in [0.1, 0.15) is 17.7 Å². The zero-order chi connectivity index (χ0) is 25.7.